The van der Waals surface area contributed by atoms with Crippen LogP contribution in [0.3, 0.4) is 0 Å². The molecule has 0 aliphatic carbocycles. The number of aryl methyl sites for hydroxylation is 2. The molecule has 0 spiro atoms. The van der Waals surface area contributed by atoms with E-state index in [2.05, 4.69) is 10.4 Å². The molecule has 27 heavy (non-hydrogen) atoms. The van der Waals surface area contributed by atoms with Crippen LogP contribution >= 0.6 is 11.3 Å². The molecule has 1 N–H and O–H groups in total. The number of ether oxygens (including phenoxy) is 1. The summed E-state index contributed by atoms with van der Waals surface area (Å²) in [5.74, 6) is -0.776. The molecule has 0 aliphatic rings. The number of hydrogen-bond acceptors (Lipinski definition) is 6. The first-order valence-corrected chi connectivity index (χ1v) is 9.56. The average molecular weight is 391 g/mol. The van der Waals surface area contributed by atoms with E-state index in [1.807, 2.05) is 20.9 Å². The zero-order valence-corrected chi connectivity index (χ0v) is 17.1. The third-order valence-electron chi connectivity index (χ3n) is 4.33. The fourth-order valence-electron chi connectivity index (χ4n) is 2.73. The summed E-state index contributed by atoms with van der Waals surface area (Å²) in [6, 6.07) is 3.48. The number of nitrogens with zero attached hydrogens (tertiary/aromatic N) is 2. The molecule has 0 fully saturated rings. The van der Waals surface area contributed by atoms with Crippen LogP contribution in [0.2, 0.25) is 0 Å². The van der Waals surface area contributed by atoms with Gasteiger partial charge in [0.1, 0.15) is 0 Å². The molecule has 8 heteroatoms. The van der Waals surface area contributed by atoms with Crippen molar-refractivity contribution < 1.29 is 19.1 Å². The van der Waals surface area contributed by atoms with Gasteiger partial charge in [0.2, 0.25) is 11.7 Å². The van der Waals surface area contributed by atoms with Crippen molar-refractivity contribution in [2.24, 2.45) is 7.05 Å². The van der Waals surface area contributed by atoms with Crippen LogP contribution in [-0.2, 0) is 34.3 Å². The van der Waals surface area contributed by atoms with Gasteiger partial charge >= 0.3 is 5.97 Å². The smallest absolute Gasteiger partial charge is 0.306 e. The Bertz CT molecular complexity index is 853. The van der Waals surface area contributed by atoms with Gasteiger partial charge in [0.15, 0.2) is 6.10 Å². The molecule has 0 bridgehead atoms. The Labute approximate surface area is 162 Å². The van der Waals surface area contributed by atoms with E-state index in [0.29, 0.717) is 17.8 Å². The van der Waals surface area contributed by atoms with Gasteiger partial charge < -0.3 is 10.1 Å². The van der Waals surface area contributed by atoms with E-state index in [1.54, 1.807) is 23.7 Å². The van der Waals surface area contributed by atoms with E-state index in [1.165, 1.54) is 18.3 Å². The second kappa shape index (κ2) is 8.94. The first-order valence-electron chi connectivity index (χ1n) is 8.75. The summed E-state index contributed by atoms with van der Waals surface area (Å²) in [7, 11) is 1.87. The van der Waals surface area contributed by atoms with Crippen molar-refractivity contribution in [1.29, 1.82) is 0 Å². The highest BCUT2D eigenvalue weighted by Crippen LogP contribution is 2.20. The topological polar surface area (TPSA) is 90.3 Å². The van der Waals surface area contributed by atoms with Gasteiger partial charge in [-0.15, -0.1) is 11.3 Å². The monoisotopic (exact) mass is 391 g/mol. The number of amides is 1. The molecule has 2 aromatic heterocycles. The molecule has 0 aliphatic heterocycles. The number of Topliss-reactive ketones (excluding diaryl/α,β-unsaturated/α-hetero) is 1. The van der Waals surface area contributed by atoms with Gasteiger partial charge in [-0.3, -0.25) is 19.1 Å². The third-order valence-corrected chi connectivity index (χ3v) is 5.43. The van der Waals surface area contributed by atoms with E-state index in [9.17, 15) is 14.4 Å². The van der Waals surface area contributed by atoms with Crippen molar-refractivity contribution in [1.82, 2.24) is 15.1 Å². The number of rotatable bonds is 8. The van der Waals surface area contributed by atoms with E-state index in [0.717, 1.165) is 21.8 Å². The molecule has 0 saturated carbocycles. The zero-order valence-electron chi connectivity index (χ0n) is 16.3. The summed E-state index contributed by atoms with van der Waals surface area (Å²) in [6.07, 6.45) is -0.116. The molecule has 2 rings (SSSR count). The fourth-order valence-corrected chi connectivity index (χ4v) is 3.70. The molecule has 0 saturated heterocycles. The predicted molar refractivity (Wildman–Crippen MR) is 103 cm³/mol. The summed E-state index contributed by atoms with van der Waals surface area (Å²) in [6.45, 7) is 7.27. The van der Waals surface area contributed by atoms with Crippen molar-refractivity contribution in [2.45, 2.75) is 53.2 Å². The summed E-state index contributed by atoms with van der Waals surface area (Å²) in [5.41, 5.74) is 2.96. The van der Waals surface area contributed by atoms with Gasteiger partial charge in [0.05, 0.1) is 17.1 Å². The standard InChI is InChI=1S/C19H25N3O4S/c1-11-16(12(2)22(5)21-11)7-9-18(24)26-13(3)19(25)17-8-6-15(27-17)10-20-14(4)23/h6,8,13H,7,9-10H2,1-5H3,(H,20,23). The highest BCUT2D eigenvalue weighted by atomic mass is 32.1. The summed E-state index contributed by atoms with van der Waals surface area (Å²) in [4.78, 5) is 36.9. The molecule has 1 unspecified atom stereocenters. The lowest BCUT2D eigenvalue weighted by Crippen LogP contribution is -2.24. The predicted octanol–water partition coefficient (Wildman–Crippen LogP) is 2.48. The Morgan fingerprint density at radius 1 is 1.30 bits per heavy atom. The number of nitrogens with one attached hydrogen (secondary N) is 1. The Balaban J connectivity index is 1.88. The fraction of sp³-hybridized carbons (Fsp3) is 0.474. The molecule has 2 aromatic rings. The second-order valence-electron chi connectivity index (χ2n) is 6.45. The minimum atomic E-state index is -0.846. The lowest BCUT2D eigenvalue weighted by atomic mass is 10.1. The van der Waals surface area contributed by atoms with Gasteiger partial charge in [0, 0.05) is 31.0 Å². The van der Waals surface area contributed by atoms with Gasteiger partial charge in [0.25, 0.3) is 0 Å². The van der Waals surface area contributed by atoms with Crippen LogP contribution in [0, 0.1) is 13.8 Å². The number of aromatic nitrogens is 2. The van der Waals surface area contributed by atoms with Gasteiger partial charge in [-0.25, -0.2) is 0 Å². The van der Waals surface area contributed by atoms with E-state index in [4.69, 9.17) is 4.74 Å². The SMILES string of the molecule is CC(=O)NCc1ccc(C(=O)C(C)OC(=O)CCc2c(C)nn(C)c2C)s1. The van der Waals surface area contributed by atoms with Crippen LogP contribution in [0.15, 0.2) is 12.1 Å². The molecule has 0 radical (unpaired) electrons. The van der Waals surface area contributed by atoms with Gasteiger partial charge in [-0.2, -0.15) is 5.10 Å². The Hall–Kier alpha value is -2.48. The lowest BCUT2D eigenvalue weighted by molar-refractivity contribution is -0.146. The van der Waals surface area contributed by atoms with E-state index >= 15 is 0 Å². The molecule has 1 amide bonds. The molecule has 146 valence electrons. The highest BCUT2D eigenvalue weighted by Gasteiger charge is 2.21. The number of carbonyl (C=O) groups excluding carboxylic acids is 3. The third kappa shape index (κ3) is 5.50. The Kier molecular flexibility index (Phi) is 6.90. The molecular formula is C19H25N3O4S. The molecule has 7 nitrogen and oxygen atoms in total. The minimum absolute atomic E-state index is 0.127. The Morgan fingerprint density at radius 3 is 2.59 bits per heavy atom. The zero-order chi connectivity index (χ0) is 20.1. The van der Waals surface area contributed by atoms with Crippen molar-refractivity contribution in [3.05, 3.63) is 38.8 Å². The maximum atomic E-state index is 12.4. The first-order chi connectivity index (χ1) is 12.7. The molecular weight excluding hydrogens is 366 g/mol. The van der Waals surface area contributed by atoms with Crippen LogP contribution in [0.1, 0.15) is 51.8 Å². The van der Waals surface area contributed by atoms with Gasteiger partial charge in [-0.1, -0.05) is 0 Å². The van der Waals surface area contributed by atoms with Crippen molar-refractivity contribution in [3.8, 4) is 0 Å². The first kappa shape index (κ1) is 20.8. The van der Waals surface area contributed by atoms with Crippen molar-refractivity contribution >= 4 is 29.0 Å². The van der Waals surface area contributed by atoms with E-state index < -0.39 is 12.1 Å². The van der Waals surface area contributed by atoms with Crippen LogP contribution in [0.4, 0.5) is 0 Å². The molecule has 2 heterocycles. The summed E-state index contributed by atoms with van der Waals surface area (Å²) < 4.78 is 7.09. The average Bonchev–Trinajstić information content (AvgIpc) is 3.16. The van der Waals surface area contributed by atoms with Gasteiger partial charge in [-0.05, 0) is 44.9 Å². The maximum absolute atomic E-state index is 12.4. The second-order valence-corrected chi connectivity index (χ2v) is 7.61. The normalized spacial score (nSPS) is 11.9. The highest BCUT2D eigenvalue weighted by molar-refractivity contribution is 7.14. The minimum Gasteiger partial charge on any atom is -0.454 e. The van der Waals surface area contributed by atoms with Crippen LogP contribution in [0.5, 0.6) is 0 Å². The number of hydrogen-bond donors (Lipinski definition) is 1. The summed E-state index contributed by atoms with van der Waals surface area (Å²) >= 11 is 1.29. The number of thiophene rings is 1. The van der Waals surface area contributed by atoms with E-state index in [-0.39, 0.29) is 18.1 Å². The number of carbonyl (C=O) groups is 3. The maximum Gasteiger partial charge on any atom is 0.306 e. The Morgan fingerprint density at radius 2 is 2.00 bits per heavy atom. The van der Waals surface area contributed by atoms with Crippen molar-refractivity contribution in [3.63, 3.8) is 0 Å². The lowest BCUT2D eigenvalue weighted by Gasteiger charge is -2.11. The summed E-state index contributed by atoms with van der Waals surface area (Å²) in [5, 5.41) is 7.02. The van der Waals surface area contributed by atoms with Crippen LogP contribution in [-0.4, -0.2) is 33.5 Å². The number of ketones is 1. The van der Waals surface area contributed by atoms with Crippen LogP contribution < -0.4 is 5.32 Å². The van der Waals surface area contributed by atoms with Crippen LogP contribution in [0.25, 0.3) is 0 Å². The molecule has 1 atom stereocenters. The largest absolute Gasteiger partial charge is 0.454 e. The quantitative estimate of drug-likeness (QED) is 0.551. The molecule has 0 aromatic carbocycles. The number of esters is 1. The van der Waals surface area contributed by atoms with Crippen molar-refractivity contribution in [2.75, 3.05) is 0 Å².